The molecule has 8 heteroatoms. The number of thiazole rings is 1. The van der Waals surface area contributed by atoms with E-state index in [0.29, 0.717) is 0 Å². The Hall–Kier alpha value is -1.51. The van der Waals surface area contributed by atoms with Crippen LogP contribution in [0.4, 0.5) is 5.82 Å². The standard InChI is InChI=1S/C10H12N4O2S2/c1-7-5-13-10(17-7)6-14-18(15,16)8-2-3-12-9(11)4-8/h2-5,14H,6H2,1H3,(H2,11,12). The van der Waals surface area contributed by atoms with E-state index < -0.39 is 10.0 Å². The minimum absolute atomic E-state index is 0.100. The van der Waals surface area contributed by atoms with Crippen LogP contribution in [0, 0.1) is 6.92 Å². The lowest BCUT2D eigenvalue weighted by molar-refractivity contribution is 0.581. The number of nitrogens with one attached hydrogen (secondary N) is 1. The first-order chi connectivity index (χ1) is 8.47. The van der Waals surface area contributed by atoms with E-state index in [4.69, 9.17) is 5.73 Å². The molecule has 18 heavy (non-hydrogen) atoms. The van der Waals surface area contributed by atoms with Gasteiger partial charge in [0.15, 0.2) is 0 Å². The molecular weight excluding hydrogens is 272 g/mol. The van der Waals surface area contributed by atoms with Crippen molar-refractivity contribution in [1.29, 1.82) is 0 Å². The van der Waals surface area contributed by atoms with Crippen LogP contribution in [-0.4, -0.2) is 18.4 Å². The zero-order valence-corrected chi connectivity index (χ0v) is 11.3. The SMILES string of the molecule is Cc1cnc(CNS(=O)(=O)c2ccnc(N)c2)s1. The third kappa shape index (κ3) is 3.03. The predicted molar refractivity (Wildman–Crippen MR) is 69.5 cm³/mol. The molecule has 0 bridgehead atoms. The van der Waals surface area contributed by atoms with Crippen LogP contribution in [0.25, 0.3) is 0 Å². The van der Waals surface area contributed by atoms with E-state index >= 15 is 0 Å². The number of aromatic nitrogens is 2. The van der Waals surface area contributed by atoms with E-state index in [1.54, 1.807) is 6.20 Å². The van der Waals surface area contributed by atoms with Crippen molar-refractivity contribution in [2.45, 2.75) is 18.4 Å². The molecule has 0 aliphatic carbocycles. The molecule has 2 rings (SSSR count). The molecule has 0 unspecified atom stereocenters. The summed E-state index contributed by atoms with van der Waals surface area (Å²) in [5.74, 6) is 0.169. The second-order valence-electron chi connectivity index (χ2n) is 3.61. The molecule has 0 atom stereocenters. The quantitative estimate of drug-likeness (QED) is 0.869. The number of nitrogens with two attached hydrogens (primary N) is 1. The highest BCUT2D eigenvalue weighted by atomic mass is 32.2. The highest BCUT2D eigenvalue weighted by Crippen LogP contribution is 2.14. The van der Waals surface area contributed by atoms with Gasteiger partial charge >= 0.3 is 0 Å². The van der Waals surface area contributed by atoms with E-state index in [2.05, 4.69) is 14.7 Å². The number of pyridine rings is 1. The summed E-state index contributed by atoms with van der Waals surface area (Å²) in [6, 6.07) is 2.71. The molecule has 2 heterocycles. The van der Waals surface area contributed by atoms with E-state index in [1.165, 1.54) is 29.7 Å². The average molecular weight is 284 g/mol. The molecule has 0 aliphatic heterocycles. The minimum atomic E-state index is -3.58. The van der Waals surface area contributed by atoms with E-state index in [0.717, 1.165) is 9.88 Å². The number of hydrogen-bond acceptors (Lipinski definition) is 6. The van der Waals surface area contributed by atoms with Crippen molar-refractivity contribution in [2.75, 3.05) is 5.73 Å². The topological polar surface area (TPSA) is 98.0 Å². The Morgan fingerprint density at radius 3 is 2.83 bits per heavy atom. The van der Waals surface area contributed by atoms with Gasteiger partial charge < -0.3 is 5.73 Å². The number of anilines is 1. The highest BCUT2D eigenvalue weighted by Gasteiger charge is 2.14. The normalized spacial score (nSPS) is 11.6. The minimum Gasteiger partial charge on any atom is -0.384 e. The number of nitrogens with zero attached hydrogens (tertiary/aromatic N) is 2. The molecule has 0 radical (unpaired) electrons. The summed E-state index contributed by atoms with van der Waals surface area (Å²) in [6.45, 7) is 2.09. The Balaban J connectivity index is 2.13. The van der Waals surface area contributed by atoms with Gasteiger partial charge in [0.1, 0.15) is 10.8 Å². The Bertz CT molecular complexity index is 651. The maximum absolute atomic E-state index is 11.9. The van der Waals surface area contributed by atoms with Gasteiger partial charge in [-0.2, -0.15) is 0 Å². The van der Waals surface area contributed by atoms with Crippen molar-refractivity contribution in [1.82, 2.24) is 14.7 Å². The molecule has 0 fully saturated rings. The van der Waals surface area contributed by atoms with Crippen LogP contribution in [0.5, 0.6) is 0 Å². The Morgan fingerprint density at radius 2 is 2.22 bits per heavy atom. The molecule has 2 aromatic heterocycles. The van der Waals surface area contributed by atoms with Crippen molar-refractivity contribution in [3.8, 4) is 0 Å². The number of nitrogen functional groups attached to an aromatic ring is 1. The zero-order valence-electron chi connectivity index (χ0n) is 9.62. The van der Waals surface area contributed by atoms with Crippen molar-refractivity contribution >= 4 is 27.2 Å². The van der Waals surface area contributed by atoms with Gasteiger partial charge in [-0.3, -0.25) is 0 Å². The third-order valence-electron chi connectivity index (χ3n) is 2.15. The first-order valence-electron chi connectivity index (χ1n) is 5.10. The van der Waals surface area contributed by atoms with Crippen LogP contribution >= 0.6 is 11.3 Å². The van der Waals surface area contributed by atoms with Crippen LogP contribution in [0.15, 0.2) is 29.4 Å². The fourth-order valence-corrected chi connectivity index (χ4v) is 3.15. The summed E-state index contributed by atoms with van der Waals surface area (Å²) in [7, 11) is -3.58. The fraction of sp³-hybridized carbons (Fsp3) is 0.200. The van der Waals surface area contributed by atoms with Crippen molar-refractivity contribution in [2.24, 2.45) is 0 Å². The lowest BCUT2D eigenvalue weighted by Crippen LogP contribution is -2.23. The third-order valence-corrected chi connectivity index (χ3v) is 4.46. The van der Waals surface area contributed by atoms with E-state index in [9.17, 15) is 8.42 Å². The summed E-state index contributed by atoms with van der Waals surface area (Å²) in [5.41, 5.74) is 5.45. The molecule has 0 saturated heterocycles. The molecule has 96 valence electrons. The molecule has 0 aliphatic rings. The van der Waals surface area contributed by atoms with Crippen LogP contribution < -0.4 is 10.5 Å². The summed E-state index contributed by atoms with van der Waals surface area (Å²) in [6.07, 6.45) is 3.07. The average Bonchev–Trinajstić information content (AvgIpc) is 2.73. The Kier molecular flexibility index (Phi) is 3.60. The van der Waals surface area contributed by atoms with Crippen molar-refractivity contribution in [3.63, 3.8) is 0 Å². The maximum atomic E-state index is 11.9. The molecule has 6 nitrogen and oxygen atoms in total. The Morgan fingerprint density at radius 1 is 1.44 bits per heavy atom. The van der Waals surface area contributed by atoms with Gasteiger partial charge in [-0.15, -0.1) is 11.3 Å². The van der Waals surface area contributed by atoms with E-state index in [-0.39, 0.29) is 17.3 Å². The monoisotopic (exact) mass is 284 g/mol. The summed E-state index contributed by atoms with van der Waals surface area (Å²) in [4.78, 5) is 8.97. The van der Waals surface area contributed by atoms with Gasteiger partial charge in [0.2, 0.25) is 10.0 Å². The van der Waals surface area contributed by atoms with Gasteiger partial charge in [-0.1, -0.05) is 0 Å². The lowest BCUT2D eigenvalue weighted by atomic mass is 10.5. The molecule has 3 N–H and O–H groups in total. The highest BCUT2D eigenvalue weighted by molar-refractivity contribution is 7.89. The zero-order chi connectivity index (χ0) is 13.2. The molecule has 0 aromatic carbocycles. The summed E-state index contributed by atoms with van der Waals surface area (Å²) in [5, 5.41) is 0.720. The van der Waals surface area contributed by atoms with Crippen molar-refractivity contribution in [3.05, 3.63) is 34.4 Å². The molecule has 0 amide bonds. The largest absolute Gasteiger partial charge is 0.384 e. The van der Waals surface area contributed by atoms with Crippen LogP contribution in [-0.2, 0) is 16.6 Å². The van der Waals surface area contributed by atoms with Gasteiger partial charge in [-0.25, -0.2) is 23.1 Å². The first-order valence-corrected chi connectivity index (χ1v) is 7.40. The molecular formula is C10H12N4O2S2. The van der Waals surface area contributed by atoms with Crippen LogP contribution in [0.1, 0.15) is 9.88 Å². The van der Waals surface area contributed by atoms with Gasteiger partial charge in [0, 0.05) is 23.3 Å². The molecule has 0 saturated carbocycles. The number of aryl methyl sites for hydroxylation is 1. The number of hydrogen-bond donors (Lipinski definition) is 2. The number of rotatable bonds is 4. The second-order valence-corrected chi connectivity index (χ2v) is 6.69. The second kappa shape index (κ2) is 5.01. The fourth-order valence-electron chi connectivity index (χ4n) is 1.32. The maximum Gasteiger partial charge on any atom is 0.241 e. The van der Waals surface area contributed by atoms with Gasteiger partial charge in [0.05, 0.1) is 11.4 Å². The Labute approximate surface area is 109 Å². The predicted octanol–water partition coefficient (Wildman–Crippen LogP) is 0.907. The molecule has 0 spiro atoms. The van der Waals surface area contributed by atoms with Crippen molar-refractivity contribution < 1.29 is 8.42 Å². The number of sulfonamides is 1. The molecule has 2 aromatic rings. The summed E-state index contributed by atoms with van der Waals surface area (Å²) < 4.78 is 26.4. The lowest BCUT2D eigenvalue weighted by Gasteiger charge is -2.05. The van der Waals surface area contributed by atoms with Gasteiger partial charge in [0.25, 0.3) is 0 Å². The van der Waals surface area contributed by atoms with E-state index in [1.807, 2.05) is 6.92 Å². The van der Waals surface area contributed by atoms with Crippen LogP contribution in [0.3, 0.4) is 0 Å². The smallest absolute Gasteiger partial charge is 0.241 e. The first kappa shape index (κ1) is 12.9. The summed E-state index contributed by atoms with van der Waals surface area (Å²) >= 11 is 1.45. The van der Waals surface area contributed by atoms with Gasteiger partial charge in [-0.05, 0) is 13.0 Å². The van der Waals surface area contributed by atoms with Crippen LogP contribution in [0.2, 0.25) is 0 Å².